The second-order valence-corrected chi connectivity index (χ2v) is 3.69. The van der Waals surface area contributed by atoms with Gasteiger partial charge in [0.05, 0.1) is 4.92 Å². The van der Waals surface area contributed by atoms with Crippen LogP contribution in [0.5, 0.6) is 5.75 Å². The van der Waals surface area contributed by atoms with E-state index in [-0.39, 0.29) is 4.47 Å². The minimum absolute atomic E-state index is 0.263. The topological polar surface area (TPSA) is 52.4 Å². The van der Waals surface area contributed by atoms with Crippen molar-refractivity contribution in [2.24, 2.45) is 0 Å². The Hall–Kier alpha value is -1.02. The summed E-state index contributed by atoms with van der Waals surface area (Å²) >= 11 is 8.19. The maximum atomic E-state index is 11.9. The fourth-order valence-corrected chi connectivity index (χ4v) is 1.54. The van der Waals surface area contributed by atoms with Crippen LogP contribution in [0.25, 0.3) is 0 Å². The van der Waals surface area contributed by atoms with Crippen LogP contribution in [0.3, 0.4) is 0 Å². The molecule has 0 unspecified atom stereocenters. The average Bonchev–Trinajstić information content (AvgIpc) is 2.10. The molecule has 4 nitrogen and oxygen atoms in total. The van der Waals surface area contributed by atoms with Gasteiger partial charge in [-0.15, -0.1) is 13.2 Å². The molecule has 0 saturated carbocycles. The van der Waals surface area contributed by atoms with Crippen LogP contribution >= 0.6 is 27.5 Å². The number of nitro benzene ring substituents is 1. The highest BCUT2D eigenvalue weighted by Crippen LogP contribution is 2.40. The second kappa shape index (κ2) is 4.46. The Labute approximate surface area is 100 Å². The van der Waals surface area contributed by atoms with Crippen LogP contribution in [0.2, 0.25) is 5.02 Å². The van der Waals surface area contributed by atoms with Crippen LogP contribution in [-0.4, -0.2) is 11.3 Å². The van der Waals surface area contributed by atoms with Crippen molar-refractivity contribution in [2.75, 3.05) is 0 Å². The van der Waals surface area contributed by atoms with Crippen molar-refractivity contribution in [3.8, 4) is 5.75 Å². The van der Waals surface area contributed by atoms with E-state index in [1.165, 1.54) is 0 Å². The molecule has 16 heavy (non-hydrogen) atoms. The lowest BCUT2D eigenvalue weighted by atomic mass is 10.3. The molecular weight excluding hydrogens is 318 g/mol. The van der Waals surface area contributed by atoms with Gasteiger partial charge in [-0.25, -0.2) is 0 Å². The minimum atomic E-state index is -4.90. The van der Waals surface area contributed by atoms with Crippen molar-refractivity contribution in [1.82, 2.24) is 0 Å². The van der Waals surface area contributed by atoms with Gasteiger partial charge in [0.2, 0.25) is 0 Å². The van der Waals surface area contributed by atoms with E-state index in [1.54, 1.807) is 0 Å². The van der Waals surface area contributed by atoms with E-state index in [9.17, 15) is 23.3 Å². The molecule has 0 fully saturated rings. The van der Waals surface area contributed by atoms with Crippen LogP contribution in [0.4, 0.5) is 18.9 Å². The fourth-order valence-electron chi connectivity index (χ4n) is 0.866. The largest absolute Gasteiger partial charge is 0.573 e. The first kappa shape index (κ1) is 13.0. The third-order valence-corrected chi connectivity index (χ3v) is 2.86. The molecule has 0 amide bonds. The smallest absolute Gasteiger partial charge is 0.404 e. The summed E-state index contributed by atoms with van der Waals surface area (Å²) in [7, 11) is 0. The van der Waals surface area contributed by atoms with Crippen LogP contribution in [0, 0.1) is 10.1 Å². The molecule has 0 bridgehead atoms. The van der Waals surface area contributed by atoms with E-state index >= 15 is 0 Å². The minimum Gasteiger partial charge on any atom is -0.404 e. The lowest BCUT2D eigenvalue weighted by molar-refractivity contribution is -0.385. The molecule has 0 heterocycles. The van der Waals surface area contributed by atoms with Crippen molar-refractivity contribution in [3.05, 3.63) is 31.7 Å². The van der Waals surface area contributed by atoms with Crippen molar-refractivity contribution in [1.29, 1.82) is 0 Å². The summed E-state index contributed by atoms with van der Waals surface area (Å²) < 4.78 is 38.9. The zero-order valence-corrected chi connectivity index (χ0v) is 9.56. The van der Waals surface area contributed by atoms with Gasteiger partial charge in [0.15, 0.2) is 0 Å². The molecule has 0 N–H and O–H groups in total. The Kier molecular flexibility index (Phi) is 3.64. The van der Waals surface area contributed by atoms with Gasteiger partial charge < -0.3 is 4.74 Å². The van der Waals surface area contributed by atoms with Gasteiger partial charge in [0.25, 0.3) is 5.69 Å². The molecule has 1 aromatic rings. The Morgan fingerprint density at radius 2 is 2.00 bits per heavy atom. The number of ether oxygens (including phenoxy) is 1. The highest BCUT2D eigenvalue weighted by Gasteiger charge is 2.33. The first-order valence-corrected chi connectivity index (χ1v) is 4.77. The number of halogens is 5. The highest BCUT2D eigenvalue weighted by atomic mass is 79.9. The molecule has 9 heteroatoms. The normalized spacial score (nSPS) is 11.3. The summed E-state index contributed by atoms with van der Waals surface area (Å²) in [5, 5.41) is 9.92. The highest BCUT2D eigenvalue weighted by molar-refractivity contribution is 9.10. The fraction of sp³-hybridized carbons (Fsp3) is 0.143. The summed E-state index contributed by atoms with van der Waals surface area (Å²) in [6.07, 6.45) is -4.90. The molecule has 0 aliphatic heterocycles. The third-order valence-electron chi connectivity index (χ3n) is 1.45. The van der Waals surface area contributed by atoms with E-state index in [1.807, 2.05) is 0 Å². The number of hydrogen-bond donors (Lipinski definition) is 0. The van der Waals surface area contributed by atoms with Crippen molar-refractivity contribution in [3.63, 3.8) is 0 Å². The summed E-state index contributed by atoms with van der Waals surface area (Å²) in [6, 6.07) is 1.63. The van der Waals surface area contributed by atoms with E-state index < -0.39 is 27.7 Å². The van der Waals surface area contributed by atoms with Gasteiger partial charge in [-0.1, -0.05) is 11.6 Å². The number of rotatable bonds is 2. The molecule has 0 spiro atoms. The molecule has 0 aromatic heterocycles. The number of benzene rings is 1. The third kappa shape index (κ3) is 2.99. The predicted octanol–water partition coefficient (Wildman–Crippen LogP) is 3.91. The molecule has 0 radical (unpaired) electrons. The molecule has 0 atom stereocenters. The zero-order valence-electron chi connectivity index (χ0n) is 7.22. The van der Waals surface area contributed by atoms with Crippen molar-refractivity contribution >= 4 is 33.2 Å². The van der Waals surface area contributed by atoms with Gasteiger partial charge in [-0.2, -0.15) is 0 Å². The lowest BCUT2D eigenvalue weighted by Gasteiger charge is -2.10. The average molecular weight is 320 g/mol. The van der Waals surface area contributed by atoms with Crippen molar-refractivity contribution in [2.45, 2.75) is 6.36 Å². The van der Waals surface area contributed by atoms with Crippen molar-refractivity contribution < 1.29 is 22.8 Å². The zero-order chi connectivity index (χ0) is 12.5. The van der Waals surface area contributed by atoms with Gasteiger partial charge in [0.1, 0.15) is 15.2 Å². The summed E-state index contributed by atoms with van der Waals surface area (Å²) in [6.45, 7) is 0. The summed E-state index contributed by atoms with van der Waals surface area (Å²) in [5.74, 6) is -0.702. The molecule has 1 rings (SSSR count). The lowest BCUT2D eigenvalue weighted by Crippen LogP contribution is -2.17. The first-order valence-electron chi connectivity index (χ1n) is 3.60. The van der Waals surface area contributed by atoms with Crippen LogP contribution in [0.1, 0.15) is 0 Å². The maximum absolute atomic E-state index is 11.9. The molecule has 0 saturated heterocycles. The Morgan fingerprint density at radius 1 is 1.44 bits per heavy atom. The van der Waals surface area contributed by atoms with E-state index in [0.29, 0.717) is 0 Å². The number of nitro groups is 1. The number of alkyl halides is 3. The predicted molar refractivity (Wildman–Crippen MR) is 52.5 cm³/mol. The number of nitrogens with zero attached hydrogens (tertiary/aromatic N) is 1. The molecule has 0 aliphatic carbocycles. The summed E-state index contributed by atoms with van der Waals surface area (Å²) in [4.78, 5) is 9.64. The van der Waals surface area contributed by atoms with Crippen LogP contribution < -0.4 is 4.74 Å². The van der Waals surface area contributed by atoms with Gasteiger partial charge >= 0.3 is 6.36 Å². The standard InChI is InChI=1S/C7H2BrClF3NO3/c8-5-3(13(14)15)1-2-4(6(5)9)16-7(10,11)12/h1-2H. The molecule has 1 aromatic carbocycles. The van der Waals surface area contributed by atoms with Gasteiger partial charge in [0, 0.05) is 6.07 Å². The van der Waals surface area contributed by atoms with Crippen LogP contribution in [-0.2, 0) is 0 Å². The quantitative estimate of drug-likeness (QED) is 0.613. The Bertz CT molecular complexity index is 438. The maximum Gasteiger partial charge on any atom is 0.573 e. The van der Waals surface area contributed by atoms with E-state index in [0.717, 1.165) is 12.1 Å². The summed E-state index contributed by atoms with van der Waals surface area (Å²) in [5.41, 5.74) is -0.445. The SMILES string of the molecule is O=[N+]([O-])c1ccc(OC(F)(F)F)c(Cl)c1Br. The number of hydrogen-bond acceptors (Lipinski definition) is 3. The van der Waals surface area contributed by atoms with Gasteiger partial charge in [-0.05, 0) is 22.0 Å². The second-order valence-electron chi connectivity index (χ2n) is 2.52. The molecule has 88 valence electrons. The van der Waals surface area contributed by atoms with E-state index in [4.69, 9.17) is 11.6 Å². The monoisotopic (exact) mass is 319 g/mol. The Morgan fingerprint density at radius 3 is 2.44 bits per heavy atom. The first-order chi connectivity index (χ1) is 7.22. The van der Waals surface area contributed by atoms with E-state index in [2.05, 4.69) is 20.7 Å². The van der Waals surface area contributed by atoms with Gasteiger partial charge in [-0.3, -0.25) is 10.1 Å². The molecular formula is C7H2BrClF3NO3. The van der Waals surface area contributed by atoms with Crippen LogP contribution in [0.15, 0.2) is 16.6 Å². The molecule has 0 aliphatic rings. The Balaban J connectivity index is 3.17.